The topological polar surface area (TPSA) is 108 Å². The van der Waals surface area contributed by atoms with E-state index in [4.69, 9.17) is 4.74 Å². The summed E-state index contributed by atoms with van der Waals surface area (Å²) >= 11 is 0. The molecule has 2 aliphatic rings. The highest BCUT2D eigenvalue weighted by molar-refractivity contribution is 5.97. The van der Waals surface area contributed by atoms with E-state index >= 15 is 0 Å². The molecule has 10 heteroatoms. The number of halogens is 1. The molecule has 35 heavy (non-hydrogen) atoms. The van der Waals surface area contributed by atoms with E-state index in [1.54, 1.807) is 53.4 Å². The van der Waals surface area contributed by atoms with Gasteiger partial charge in [0.25, 0.3) is 5.91 Å². The van der Waals surface area contributed by atoms with Gasteiger partial charge in [-0.25, -0.2) is 9.37 Å². The zero-order chi connectivity index (χ0) is 24.2. The molecule has 1 aliphatic heterocycles. The van der Waals surface area contributed by atoms with Gasteiger partial charge < -0.3 is 25.6 Å². The summed E-state index contributed by atoms with van der Waals surface area (Å²) in [7, 11) is 0. The SMILES string of the molecule is O=C(Nc1ccccc1Nc1nc(Nc2ccc(C(=O)N3CCOCC3)cc2)ncc1F)C1CC1. The molecule has 2 aromatic carbocycles. The van der Waals surface area contributed by atoms with Crippen molar-refractivity contribution < 1.29 is 18.7 Å². The van der Waals surface area contributed by atoms with Gasteiger partial charge in [-0.05, 0) is 49.2 Å². The van der Waals surface area contributed by atoms with Crippen LogP contribution in [0.3, 0.4) is 0 Å². The number of amides is 2. The predicted molar refractivity (Wildman–Crippen MR) is 130 cm³/mol. The lowest BCUT2D eigenvalue weighted by molar-refractivity contribution is -0.117. The molecule has 1 saturated carbocycles. The molecule has 2 amide bonds. The van der Waals surface area contributed by atoms with E-state index in [9.17, 15) is 14.0 Å². The van der Waals surface area contributed by atoms with Crippen molar-refractivity contribution in [3.8, 4) is 0 Å². The Kier molecular flexibility index (Phi) is 6.53. The molecule has 3 N–H and O–H groups in total. The quantitative estimate of drug-likeness (QED) is 0.474. The van der Waals surface area contributed by atoms with Gasteiger partial charge >= 0.3 is 0 Å². The van der Waals surface area contributed by atoms with Crippen molar-refractivity contribution in [3.63, 3.8) is 0 Å². The Morgan fingerprint density at radius 2 is 1.69 bits per heavy atom. The molecule has 0 unspecified atom stereocenters. The summed E-state index contributed by atoms with van der Waals surface area (Å²) < 4.78 is 19.8. The van der Waals surface area contributed by atoms with Crippen LogP contribution < -0.4 is 16.0 Å². The second-order valence-electron chi connectivity index (χ2n) is 8.43. The van der Waals surface area contributed by atoms with Crippen molar-refractivity contribution in [3.05, 3.63) is 66.1 Å². The van der Waals surface area contributed by atoms with Gasteiger partial charge in [0.2, 0.25) is 11.9 Å². The summed E-state index contributed by atoms with van der Waals surface area (Å²) in [6, 6.07) is 14.0. The molecule has 0 radical (unpaired) electrons. The number of morpholine rings is 1. The van der Waals surface area contributed by atoms with Crippen LogP contribution in [0.4, 0.5) is 33.2 Å². The van der Waals surface area contributed by atoms with Crippen LogP contribution in [-0.4, -0.2) is 53.0 Å². The molecule has 1 saturated heterocycles. The Balaban J connectivity index is 1.28. The van der Waals surface area contributed by atoms with Gasteiger partial charge in [0.05, 0.1) is 30.8 Å². The van der Waals surface area contributed by atoms with Gasteiger partial charge in [-0.3, -0.25) is 9.59 Å². The van der Waals surface area contributed by atoms with Crippen molar-refractivity contribution in [1.29, 1.82) is 0 Å². The van der Waals surface area contributed by atoms with E-state index < -0.39 is 5.82 Å². The maximum atomic E-state index is 14.5. The van der Waals surface area contributed by atoms with Crippen LogP contribution in [0.15, 0.2) is 54.7 Å². The first-order valence-corrected chi connectivity index (χ1v) is 11.5. The number of aromatic nitrogens is 2. The Labute approximate surface area is 201 Å². The summed E-state index contributed by atoms with van der Waals surface area (Å²) in [6.07, 6.45) is 2.85. The third-order valence-corrected chi connectivity index (χ3v) is 5.82. The van der Waals surface area contributed by atoms with Crippen LogP contribution in [0.2, 0.25) is 0 Å². The van der Waals surface area contributed by atoms with Crippen LogP contribution in [0, 0.1) is 11.7 Å². The van der Waals surface area contributed by atoms with Crippen LogP contribution in [0.5, 0.6) is 0 Å². The number of nitrogens with zero attached hydrogens (tertiary/aromatic N) is 3. The molecule has 1 aromatic heterocycles. The van der Waals surface area contributed by atoms with E-state index in [0.717, 1.165) is 19.0 Å². The Bertz CT molecular complexity index is 1230. The number of carbonyl (C=O) groups is 2. The van der Waals surface area contributed by atoms with Crippen molar-refractivity contribution in [2.24, 2.45) is 5.92 Å². The average molecular weight is 477 g/mol. The predicted octanol–water partition coefficient (Wildman–Crippen LogP) is 3.92. The van der Waals surface area contributed by atoms with Gasteiger partial charge in [-0.15, -0.1) is 0 Å². The van der Waals surface area contributed by atoms with E-state index in [-0.39, 0.29) is 29.5 Å². The summed E-state index contributed by atoms with van der Waals surface area (Å²) in [5.41, 5.74) is 2.30. The molecule has 2 fully saturated rings. The third kappa shape index (κ3) is 5.55. The first-order chi connectivity index (χ1) is 17.1. The smallest absolute Gasteiger partial charge is 0.254 e. The van der Waals surface area contributed by atoms with Crippen molar-refractivity contribution in [2.75, 3.05) is 42.3 Å². The standard InChI is InChI=1S/C25H25FN6O3/c26-19-15-27-25(28-18-9-7-17(8-10-18)24(34)32-11-13-35-14-12-32)31-22(19)29-20-3-1-2-4-21(20)30-23(33)16-5-6-16/h1-4,7-10,15-16H,5-6,11-14H2,(H,30,33)(H2,27,28,29,31). The molecule has 5 rings (SSSR count). The first kappa shape index (κ1) is 22.7. The summed E-state index contributed by atoms with van der Waals surface area (Å²) in [5.74, 6) is -0.525. The maximum Gasteiger partial charge on any atom is 0.254 e. The first-order valence-electron chi connectivity index (χ1n) is 11.5. The molecule has 0 atom stereocenters. The van der Waals surface area contributed by atoms with E-state index in [2.05, 4.69) is 25.9 Å². The second-order valence-corrected chi connectivity index (χ2v) is 8.43. The molecular weight excluding hydrogens is 451 g/mol. The second kappa shape index (κ2) is 10.1. The normalized spacial score (nSPS) is 15.4. The molecule has 9 nitrogen and oxygen atoms in total. The van der Waals surface area contributed by atoms with E-state index in [1.165, 1.54) is 0 Å². The Morgan fingerprint density at radius 3 is 2.40 bits per heavy atom. The molecule has 0 spiro atoms. The molecule has 0 bridgehead atoms. The lowest BCUT2D eigenvalue weighted by atomic mass is 10.1. The lowest BCUT2D eigenvalue weighted by Crippen LogP contribution is -2.40. The summed E-state index contributed by atoms with van der Waals surface area (Å²) in [4.78, 5) is 34.8. The highest BCUT2D eigenvalue weighted by atomic mass is 19.1. The van der Waals surface area contributed by atoms with Crippen LogP contribution in [-0.2, 0) is 9.53 Å². The average Bonchev–Trinajstić information content (AvgIpc) is 3.74. The van der Waals surface area contributed by atoms with Crippen molar-refractivity contribution >= 4 is 40.6 Å². The highest BCUT2D eigenvalue weighted by Crippen LogP contribution is 2.32. The molecular formula is C25H25FN6O3. The number of nitrogens with one attached hydrogen (secondary N) is 3. The van der Waals surface area contributed by atoms with E-state index in [1.807, 2.05) is 0 Å². The molecule has 3 aromatic rings. The molecule has 180 valence electrons. The monoisotopic (exact) mass is 476 g/mol. The molecule has 2 heterocycles. The van der Waals surface area contributed by atoms with E-state index in [0.29, 0.717) is 48.9 Å². The van der Waals surface area contributed by atoms with Crippen LogP contribution in [0.1, 0.15) is 23.2 Å². The number of hydrogen-bond acceptors (Lipinski definition) is 7. The zero-order valence-electron chi connectivity index (χ0n) is 19.0. The Hall–Kier alpha value is -4.05. The fourth-order valence-electron chi connectivity index (χ4n) is 3.70. The Morgan fingerprint density at radius 1 is 0.971 bits per heavy atom. The van der Waals surface area contributed by atoms with Crippen LogP contribution >= 0.6 is 0 Å². The van der Waals surface area contributed by atoms with Crippen molar-refractivity contribution in [2.45, 2.75) is 12.8 Å². The number of anilines is 5. The van der Waals surface area contributed by atoms with Crippen molar-refractivity contribution in [1.82, 2.24) is 14.9 Å². The summed E-state index contributed by atoms with van der Waals surface area (Å²) in [6.45, 7) is 2.23. The fourth-order valence-corrected chi connectivity index (χ4v) is 3.70. The number of hydrogen-bond donors (Lipinski definition) is 3. The minimum Gasteiger partial charge on any atom is -0.378 e. The minimum atomic E-state index is -0.634. The van der Waals surface area contributed by atoms with Gasteiger partial charge in [-0.1, -0.05) is 12.1 Å². The number of para-hydroxylation sites is 2. The van der Waals surface area contributed by atoms with Gasteiger partial charge in [0, 0.05) is 30.3 Å². The zero-order valence-corrected chi connectivity index (χ0v) is 19.0. The fraction of sp³-hybridized carbons (Fsp3) is 0.280. The summed E-state index contributed by atoms with van der Waals surface area (Å²) in [5, 5.41) is 8.86. The number of ether oxygens (including phenoxy) is 1. The molecule has 1 aliphatic carbocycles. The largest absolute Gasteiger partial charge is 0.378 e. The van der Waals surface area contributed by atoms with Gasteiger partial charge in [0.15, 0.2) is 11.6 Å². The lowest BCUT2D eigenvalue weighted by Gasteiger charge is -2.26. The highest BCUT2D eigenvalue weighted by Gasteiger charge is 2.30. The van der Waals surface area contributed by atoms with Gasteiger partial charge in [-0.2, -0.15) is 4.98 Å². The van der Waals surface area contributed by atoms with Gasteiger partial charge in [0.1, 0.15) is 0 Å². The number of rotatable bonds is 7. The number of benzene rings is 2. The number of carbonyl (C=O) groups excluding carboxylic acids is 2. The maximum absolute atomic E-state index is 14.5. The van der Waals surface area contributed by atoms with Crippen LogP contribution in [0.25, 0.3) is 0 Å². The minimum absolute atomic E-state index is 0.0327. The third-order valence-electron chi connectivity index (χ3n) is 5.82.